The van der Waals surface area contributed by atoms with E-state index in [9.17, 15) is 4.79 Å². The molecule has 0 aromatic rings. The molecule has 1 saturated heterocycles. The fraction of sp³-hybridized carbons (Fsp3) is 0.917. The van der Waals surface area contributed by atoms with Crippen LogP contribution >= 0.6 is 0 Å². The molecule has 0 aliphatic carbocycles. The Kier molecular flexibility index (Phi) is 4.58. The van der Waals surface area contributed by atoms with Gasteiger partial charge in [0, 0.05) is 12.6 Å². The van der Waals surface area contributed by atoms with Crippen LogP contribution in [0.4, 0.5) is 0 Å². The number of carbonyl (C=O) groups excluding carboxylic acids is 1. The molecular formula is C12H24N2O. The lowest BCUT2D eigenvalue weighted by molar-refractivity contribution is -0.133. The van der Waals surface area contributed by atoms with E-state index in [-0.39, 0.29) is 11.9 Å². The van der Waals surface area contributed by atoms with Crippen LogP contribution in [-0.2, 0) is 4.79 Å². The minimum atomic E-state index is -0.348. The maximum Gasteiger partial charge on any atom is 0.239 e. The molecule has 15 heavy (non-hydrogen) atoms. The van der Waals surface area contributed by atoms with Gasteiger partial charge in [-0.1, -0.05) is 20.3 Å². The molecule has 1 amide bonds. The number of carbonyl (C=O) groups is 1. The van der Waals surface area contributed by atoms with Crippen molar-refractivity contribution in [3.63, 3.8) is 0 Å². The summed E-state index contributed by atoms with van der Waals surface area (Å²) in [6, 6.07) is 0.0860. The lowest BCUT2D eigenvalue weighted by Gasteiger charge is -2.28. The normalized spacial score (nSPS) is 28.1. The Balaban J connectivity index is 2.64. The van der Waals surface area contributed by atoms with Gasteiger partial charge < -0.3 is 10.6 Å². The highest BCUT2D eigenvalue weighted by atomic mass is 16.2. The standard InChI is InChI=1S/C12H24N2O/c1-4-6-10-7-8-14(11(10)5-2)12(15)9(3)13/h9-11H,4-8,13H2,1-3H3. The Morgan fingerprint density at radius 3 is 2.67 bits per heavy atom. The van der Waals surface area contributed by atoms with Gasteiger partial charge in [-0.3, -0.25) is 4.79 Å². The van der Waals surface area contributed by atoms with Crippen LogP contribution in [0.2, 0.25) is 0 Å². The molecule has 88 valence electrons. The first kappa shape index (κ1) is 12.5. The van der Waals surface area contributed by atoms with E-state index in [1.165, 1.54) is 12.8 Å². The molecule has 0 spiro atoms. The molecule has 3 unspecified atom stereocenters. The summed E-state index contributed by atoms with van der Waals surface area (Å²) < 4.78 is 0. The zero-order valence-electron chi connectivity index (χ0n) is 10.2. The second-order valence-corrected chi connectivity index (χ2v) is 4.63. The minimum Gasteiger partial charge on any atom is -0.338 e. The quantitative estimate of drug-likeness (QED) is 0.772. The van der Waals surface area contributed by atoms with Crippen molar-refractivity contribution in [1.82, 2.24) is 4.90 Å². The summed E-state index contributed by atoms with van der Waals surface area (Å²) in [4.78, 5) is 13.9. The molecule has 1 aliphatic rings. The topological polar surface area (TPSA) is 46.3 Å². The van der Waals surface area contributed by atoms with E-state index in [2.05, 4.69) is 13.8 Å². The SMILES string of the molecule is CCCC1CCN(C(=O)C(C)N)C1CC. The molecule has 1 fully saturated rings. The zero-order chi connectivity index (χ0) is 11.4. The molecular weight excluding hydrogens is 188 g/mol. The Morgan fingerprint density at radius 1 is 1.53 bits per heavy atom. The fourth-order valence-electron chi connectivity index (χ4n) is 2.71. The van der Waals surface area contributed by atoms with E-state index in [0.29, 0.717) is 12.0 Å². The van der Waals surface area contributed by atoms with Crippen molar-refractivity contribution in [3.05, 3.63) is 0 Å². The van der Waals surface area contributed by atoms with Gasteiger partial charge in [0.2, 0.25) is 5.91 Å². The summed E-state index contributed by atoms with van der Waals surface area (Å²) in [5.74, 6) is 0.822. The number of hydrogen-bond acceptors (Lipinski definition) is 2. The summed E-state index contributed by atoms with van der Waals surface area (Å²) in [7, 11) is 0. The van der Waals surface area contributed by atoms with Gasteiger partial charge in [0.25, 0.3) is 0 Å². The molecule has 0 radical (unpaired) electrons. The molecule has 3 nitrogen and oxygen atoms in total. The molecule has 3 atom stereocenters. The highest BCUT2D eigenvalue weighted by Crippen LogP contribution is 2.30. The summed E-state index contributed by atoms with van der Waals surface area (Å²) in [5.41, 5.74) is 5.66. The molecule has 1 rings (SSSR count). The Morgan fingerprint density at radius 2 is 2.20 bits per heavy atom. The molecule has 0 aromatic heterocycles. The number of nitrogens with two attached hydrogens (primary N) is 1. The number of likely N-dealkylation sites (tertiary alicyclic amines) is 1. The summed E-state index contributed by atoms with van der Waals surface area (Å²) in [6.07, 6.45) is 4.66. The van der Waals surface area contributed by atoms with E-state index in [4.69, 9.17) is 5.73 Å². The highest BCUT2D eigenvalue weighted by molar-refractivity contribution is 5.81. The van der Waals surface area contributed by atoms with Gasteiger partial charge >= 0.3 is 0 Å². The average molecular weight is 212 g/mol. The minimum absolute atomic E-state index is 0.125. The second-order valence-electron chi connectivity index (χ2n) is 4.63. The van der Waals surface area contributed by atoms with Crippen molar-refractivity contribution < 1.29 is 4.79 Å². The van der Waals surface area contributed by atoms with Gasteiger partial charge in [-0.25, -0.2) is 0 Å². The lowest BCUT2D eigenvalue weighted by Crippen LogP contribution is -2.45. The van der Waals surface area contributed by atoms with Crippen molar-refractivity contribution in [1.29, 1.82) is 0 Å². The predicted molar refractivity (Wildman–Crippen MR) is 62.5 cm³/mol. The van der Waals surface area contributed by atoms with Crippen LogP contribution in [0.25, 0.3) is 0 Å². The van der Waals surface area contributed by atoms with Gasteiger partial charge in [-0.05, 0) is 32.1 Å². The predicted octanol–water partition coefficient (Wildman–Crippen LogP) is 1.76. The number of rotatable bonds is 4. The lowest BCUT2D eigenvalue weighted by atomic mass is 9.93. The van der Waals surface area contributed by atoms with Crippen LogP contribution in [0.3, 0.4) is 0 Å². The molecule has 0 bridgehead atoms. The fourth-order valence-corrected chi connectivity index (χ4v) is 2.71. The molecule has 0 aromatic carbocycles. The van der Waals surface area contributed by atoms with Crippen molar-refractivity contribution in [3.8, 4) is 0 Å². The smallest absolute Gasteiger partial charge is 0.239 e. The van der Waals surface area contributed by atoms with E-state index >= 15 is 0 Å². The summed E-state index contributed by atoms with van der Waals surface area (Å²) in [6.45, 7) is 7.06. The highest BCUT2D eigenvalue weighted by Gasteiger charge is 2.35. The van der Waals surface area contributed by atoms with Gasteiger partial charge in [-0.2, -0.15) is 0 Å². The Bertz CT molecular complexity index is 216. The van der Waals surface area contributed by atoms with Gasteiger partial charge in [-0.15, -0.1) is 0 Å². The van der Waals surface area contributed by atoms with Crippen LogP contribution in [0, 0.1) is 5.92 Å². The summed E-state index contributed by atoms with van der Waals surface area (Å²) >= 11 is 0. The first-order chi connectivity index (χ1) is 7.11. The monoisotopic (exact) mass is 212 g/mol. The van der Waals surface area contributed by atoms with Crippen molar-refractivity contribution in [2.45, 2.75) is 58.5 Å². The molecule has 1 aliphatic heterocycles. The van der Waals surface area contributed by atoms with Crippen LogP contribution in [-0.4, -0.2) is 29.4 Å². The van der Waals surface area contributed by atoms with E-state index in [1.807, 2.05) is 4.90 Å². The van der Waals surface area contributed by atoms with E-state index < -0.39 is 0 Å². The van der Waals surface area contributed by atoms with E-state index in [1.54, 1.807) is 6.92 Å². The molecule has 3 heteroatoms. The number of nitrogens with zero attached hydrogens (tertiary/aromatic N) is 1. The largest absolute Gasteiger partial charge is 0.338 e. The van der Waals surface area contributed by atoms with Crippen LogP contribution in [0.5, 0.6) is 0 Å². The molecule has 1 heterocycles. The van der Waals surface area contributed by atoms with Crippen molar-refractivity contribution in [2.24, 2.45) is 11.7 Å². The maximum absolute atomic E-state index is 11.9. The van der Waals surface area contributed by atoms with Crippen LogP contribution < -0.4 is 5.73 Å². The molecule has 0 saturated carbocycles. The third-order valence-corrected chi connectivity index (χ3v) is 3.44. The summed E-state index contributed by atoms with van der Waals surface area (Å²) in [5, 5.41) is 0. The Labute approximate surface area is 93.0 Å². The first-order valence-electron chi connectivity index (χ1n) is 6.17. The average Bonchev–Trinajstić information content (AvgIpc) is 2.60. The van der Waals surface area contributed by atoms with Gasteiger partial charge in [0.05, 0.1) is 6.04 Å². The van der Waals surface area contributed by atoms with Gasteiger partial charge in [0.15, 0.2) is 0 Å². The zero-order valence-corrected chi connectivity index (χ0v) is 10.2. The van der Waals surface area contributed by atoms with Crippen molar-refractivity contribution in [2.75, 3.05) is 6.54 Å². The van der Waals surface area contributed by atoms with Crippen molar-refractivity contribution >= 4 is 5.91 Å². The number of hydrogen-bond donors (Lipinski definition) is 1. The van der Waals surface area contributed by atoms with Crippen LogP contribution in [0.1, 0.15) is 46.5 Å². The first-order valence-corrected chi connectivity index (χ1v) is 6.17. The maximum atomic E-state index is 11.9. The second kappa shape index (κ2) is 5.50. The molecule has 2 N–H and O–H groups in total. The van der Waals surface area contributed by atoms with Crippen LogP contribution in [0.15, 0.2) is 0 Å². The third kappa shape index (κ3) is 2.71. The van der Waals surface area contributed by atoms with Gasteiger partial charge in [0.1, 0.15) is 0 Å². The Hall–Kier alpha value is -0.570. The third-order valence-electron chi connectivity index (χ3n) is 3.44. The number of amides is 1. The van der Waals surface area contributed by atoms with E-state index in [0.717, 1.165) is 19.4 Å².